The van der Waals surface area contributed by atoms with Crippen LogP contribution in [0.1, 0.15) is 19.3 Å². The Balaban J connectivity index is 1.88. The van der Waals surface area contributed by atoms with E-state index in [1.807, 2.05) is 6.08 Å². The highest BCUT2D eigenvalue weighted by Gasteiger charge is 2.49. The summed E-state index contributed by atoms with van der Waals surface area (Å²) in [6, 6.07) is 0. The first-order valence-electron chi connectivity index (χ1n) is 5.39. The predicted molar refractivity (Wildman–Crippen MR) is 54.5 cm³/mol. The molecule has 3 atom stereocenters. The number of rotatable bonds is 2. The Morgan fingerprint density at radius 1 is 1.53 bits per heavy atom. The van der Waals surface area contributed by atoms with Crippen LogP contribution in [-0.2, 0) is 14.3 Å². The summed E-state index contributed by atoms with van der Waals surface area (Å²) in [5.41, 5.74) is 1.00. The first-order chi connectivity index (χ1) is 7.33. The van der Waals surface area contributed by atoms with Crippen molar-refractivity contribution in [3.8, 4) is 0 Å². The molecule has 0 aromatic heterocycles. The van der Waals surface area contributed by atoms with E-state index in [0.29, 0.717) is 19.3 Å². The molecule has 3 rings (SSSR count). The highest BCUT2D eigenvalue weighted by Crippen LogP contribution is 2.42. The molecule has 1 saturated heterocycles. The molecular formula is C11H15NO3. The SMILES string of the molecule is C=CC[C@]12C[C@@H]3CON=C3[C@H](C1)OCO2. The van der Waals surface area contributed by atoms with Gasteiger partial charge in [-0.2, -0.15) is 0 Å². The number of nitrogens with zero attached hydrogens (tertiary/aromatic N) is 1. The molecule has 0 N–H and O–H groups in total. The van der Waals surface area contributed by atoms with Gasteiger partial charge in [-0.3, -0.25) is 0 Å². The quantitative estimate of drug-likeness (QED) is 0.646. The van der Waals surface area contributed by atoms with Crippen LogP contribution in [0.2, 0.25) is 0 Å². The van der Waals surface area contributed by atoms with E-state index in [-0.39, 0.29) is 11.7 Å². The van der Waals surface area contributed by atoms with Crippen molar-refractivity contribution in [2.75, 3.05) is 13.4 Å². The molecule has 0 aromatic carbocycles. The van der Waals surface area contributed by atoms with Gasteiger partial charge in [-0.25, -0.2) is 0 Å². The molecule has 2 heterocycles. The molecule has 2 bridgehead atoms. The average molecular weight is 209 g/mol. The van der Waals surface area contributed by atoms with E-state index < -0.39 is 0 Å². The monoisotopic (exact) mass is 209 g/mol. The number of hydrogen-bond acceptors (Lipinski definition) is 4. The number of fused-ring (bicyclic) bond motifs is 4. The average Bonchev–Trinajstić information content (AvgIpc) is 2.66. The van der Waals surface area contributed by atoms with Crippen LogP contribution >= 0.6 is 0 Å². The van der Waals surface area contributed by atoms with E-state index in [9.17, 15) is 0 Å². The molecule has 4 heteroatoms. The van der Waals surface area contributed by atoms with E-state index in [0.717, 1.165) is 25.0 Å². The molecule has 0 spiro atoms. The highest BCUT2D eigenvalue weighted by molar-refractivity contribution is 5.92. The van der Waals surface area contributed by atoms with Crippen molar-refractivity contribution < 1.29 is 14.3 Å². The second-order valence-corrected chi connectivity index (χ2v) is 4.51. The summed E-state index contributed by atoms with van der Waals surface area (Å²) in [4.78, 5) is 5.15. The lowest BCUT2D eigenvalue weighted by atomic mass is 9.73. The van der Waals surface area contributed by atoms with E-state index in [2.05, 4.69) is 11.7 Å². The van der Waals surface area contributed by atoms with Gasteiger partial charge >= 0.3 is 0 Å². The van der Waals surface area contributed by atoms with Crippen LogP contribution in [0.4, 0.5) is 0 Å². The maximum absolute atomic E-state index is 5.78. The van der Waals surface area contributed by atoms with Crippen molar-refractivity contribution in [1.82, 2.24) is 0 Å². The van der Waals surface area contributed by atoms with Crippen LogP contribution in [0.3, 0.4) is 0 Å². The highest BCUT2D eigenvalue weighted by atomic mass is 16.7. The van der Waals surface area contributed by atoms with Gasteiger partial charge in [0.15, 0.2) is 0 Å². The molecule has 3 aliphatic rings. The Kier molecular flexibility index (Phi) is 2.07. The third-order valence-corrected chi connectivity index (χ3v) is 3.52. The zero-order valence-corrected chi connectivity index (χ0v) is 8.65. The van der Waals surface area contributed by atoms with Gasteiger partial charge in [0, 0.05) is 12.3 Å². The van der Waals surface area contributed by atoms with Crippen LogP contribution in [0.15, 0.2) is 17.8 Å². The minimum absolute atomic E-state index is 0.0813. The van der Waals surface area contributed by atoms with Gasteiger partial charge < -0.3 is 14.3 Å². The second kappa shape index (κ2) is 3.32. The Bertz CT molecular complexity index is 315. The molecule has 2 fully saturated rings. The molecule has 0 radical (unpaired) electrons. The first kappa shape index (κ1) is 9.36. The Morgan fingerprint density at radius 2 is 2.47 bits per heavy atom. The van der Waals surface area contributed by atoms with E-state index in [1.165, 1.54) is 0 Å². The molecule has 1 saturated carbocycles. The zero-order chi connectivity index (χ0) is 10.3. The van der Waals surface area contributed by atoms with Crippen molar-refractivity contribution in [2.24, 2.45) is 11.1 Å². The lowest BCUT2D eigenvalue weighted by Crippen LogP contribution is -2.53. The minimum atomic E-state index is -0.0813. The van der Waals surface area contributed by atoms with Gasteiger partial charge in [-0.05, 0) is 12.8 Å². The summed E-state index contributed by atoms with van der Waals surface area (Å²) in [7, 11) is 0. The summed E-state index contributed by atoms with van der Waals surface area (Å²) in [5, 5.41) is 4.08. The van der Waals surface area contributed by atoms with Gasteiger partial charge in [-0.15, -0.1) is 6.58 Å². The third-order valence-electron chi connectivity index (χ3n) is 3.52. The summed E-state index contributed by atoms with van der Waals surface area (Å²) in [6.07, 6.45) is 4.78. The van der Waals surface area contributed by atoms with E-state index in [1.54, 1.807) is 0 Å². The van der Waals surface area contributed by atoms with Crippen molar-refractivity contribution in [1.29, 1.82) is 0 Å². The normalized spacial score (nSPS) is 42.8. The van der Waals surface area contributed by atoms with Gasteiger partial charge in [0.1, 0.15) is 19.5 Å². The molecule has 1 aliphatic carbocycles. The van der Waals surface area contributed by atoms with Gasteiger partial charge in [-0.1, -0.05) is 11.2 Å². The molecule has 4 nitrogen and oxygen atoms in total. The van der Waals surface area contributed by atoms with Crippen LogP contribution in [0.25, 0.3) is 0 Å². The standard InChI is InChI=1S/C11H15NO3/c1-2-3-11-4-8-6-15-12-10(8)9(5-11)13-7-14-11/h2,8-9H,1,3-7H2/t8-,9+,11+/m1/s1. The Hall–Kier alpha value is -0.870. The lowest BCUT2D eigenvalue weighted by molar-refractivity contribution is -0.220. The topological polar surface area (TPSA) is 40.0 Å². The fourth-order valence-electron chi connectivity index (χ4n) is 2.81. The lowest BCUT2D eigenvalue weighted by Gasteiger charge is -2.45. The van der Waals surface area contributed by atoms with Gasteiger partial charge in [0.25, 0.3) is 0 Å². The fraction of sp³-hybridized carbons (Fsp3) is 0.727. The molecule has 15 heavy (non-hydrogen) atoms. The van der Waals surface area contributed by atoms with Crippen LogP contribution in [0.5, 0.6) is 0 Å². The summed E-state index contributed by atoms with van der Waals surface area (Å²) >= 11 is 0. The molecule has 0 amide bonds. The number of hydrogen-bond donors (Lipinski definition) is 0. The second-order valence-electron chi connectivity index (χ2n) is 4.51. The molecule has 82 valence electrons. The molecule has 0 unspecified atom stereocenters. The van der Waals surface area contributed by atoms with Crippen molar-refractivity contribution in [3.63, 3.8) is 0 Å². The van der Waals surface area contributed by atoms with Gasteiger partial charge in [0.2, 0.25) is 0 Å². The van der Waals surface area contributed by atoms with E-state index in [4.69, 9.17) is 14.3 Å². The van der Waals surface area contributed by atoms with E-state index >= 15 is 0 Å². The van der Waals surface area contributed by atoms with Crippen molar-refractivity contribution in [3.05, 3.63) is 12.7 Å². The summed E-state index contributed by atoms with van der Waals surface area (Å²) in [6.45, 7) is 4.84. The number of oxime groups is 1. The van der Waals surface area contributed by atoms with Crippen LogP contribution in [0, 0.1) is 5.92 Å². The Labute approximate surface area is 88.9 Å². The minimum Gasteiger partial charge on any atom is -0.395 e. The smallest absolute Gasteiger partial charge is 0.148 e. The Morgan fingerprint density at radius 3 is 3.33 bits per heavy atom. The fourth-order valence-corrected chi connectivity index (χ4v) is 2.81. The summed E-state index contributed by atoms with van der Waals surface area (Å²) in [5.74, 6) is 0.379. The summed E-state index contributed by atoms with van der Waals surface area (Å²) < 4.78 is 11.3. The van der Waals surface area contributed by atoms with Crippen LogP contribution < -0.4 is 0 Å². The number of ether oxygens (including phenoxy) is 2. The van der Waals surface area contributed by atoms with Crippen molar-refractivity contribution >= 4 is 5.71 Å². The van der Waals surface area contributed by atoms with Crippen molar-refractivity contribution in [2.45, 2.75) is 31.0 Å². The third kappa shape index (κ3) is 1.40. The molecular weight excluding hydrogens is 194 g/mol. The molecule has 2 aliphatic heterocycles. The largest absolute Gasteiger partial charge is 0.395 e. The first-order valence-corrected chi connectivity index (χ1v) is 5.39. The van der Waals surface area contributed by atoms with Gasteiger partial charge in [0.05, 0.1) is 11.3 Å². The maximum atomic E-state index is 5.78. The maximum Gasteiger partial charge on any atom is 0.148 e. The predicted octanol–water partition coefficient (Wildman–Crippen LogP) is 1.47. The van der Waals surface area contributed by atoms with Crippen LogP contribution in [-0.4, -0.2) is 30.8 Å². The zero-order valence-electron chi connectivity index (χ0n) is 8.65. The molecule has 0 aromatic rings.